The second-order valence-electron chi connectivity index (χ2n) is 8.29. The van der Waals surface area contributed by atoms with Crippen LogP contribution in [0.5, 0.6) is 5.75 Å². The molecule has 1 spiro atoms. The highest BCUT2D eigenvalue weighted by molar-refractivity contribution is 6.15. The van der Waals surface area contributed by atoms with Gasteiger partial charge in [0.1, 0.15) is 17.3 Å². The Balaban J connectivity index is 1.74. The molecule has 2 aromatic rings. The molecule has 6 rings (SSSR count). The number of hydrogen-bond donors (Lipinski definition) is 1. The lowest BCUT2D eigenvalue weighted by Gasteiger charge is -2.57. The van der Waals surface area contributed by atoms with E-state index in [9.17, 15) is 14.7 Å². The van der Waals surface area contributed by atoms with E-state index >= 15 is 0 Å². The van der Waals surface area contributed by atoms with Crippen molar-refractivity contribution in [1.29, 1.82) is 0 Å². The van der Waals surface area contributed by atoms with Crippen molar-refractivity contribution in [2.45, 2.75) is 38.9 Å². The van der Waals surface area contributed by atoms with Gasteiger partial charge in [0.15, 0.2) is 5.78 Å². The van der Waals surface area contributed by atoms with Crippen LogP contribution in [0.4, 0.5) is 0 Å². The Labute approximate surface area is 162 Å². The van der Waals surface area contributed by atoms with E-state index in [0.717, 1.165) is 10.8 Å². The molecule has 0 radical (unpaired) electrons. The maximum atomic E-state index is 13.8. The van der Waals surface area contributed by atoms with Crippen molar-refractivity contribution in [3.05, 3.63) is 53.6 Å². The fourth-order valence-corrected chi connectivity index (χ4v) is 5.26. The Morgan fingerprint density at radius 3 is 2.82 bits per heavy atom. The summed E-state index contributed by atoms with van der Waals surface area (Å²) in [6.45, 7) is 3.96. The molecule has 0 saturated heterocycles. The summed E-state index contributed by atoms with van der Waals surface area (Å²) in [5.74, 6) is -0.0356. The van der Waals surface area contributed by atoms with Gasteiger partial charge in [-0.1, -0.05) is 43.3 Å². The number of carbonyl (C=O) groups is 2. The zero-order chi connectivity index (χ0) is 19.7. The van der Waals surface area contributed by atoms with Gasteiger partial charge in [0, 0.05) is 11.0 Å². The van der Waals surface area contributed by atoms with Gasteiger partial charge in [-0.25, -0.2) is 4.79 Å². The predicted molar refractivity (Wildman–Crippen MR) is 103 cm³/mol. The number of aliphatic hydroxyl groups is 1. The first-order valence-corrected chi connectivity index (χ1v) is 9.72. The minimum absolute atomic E-state index is 0.174. The minimum atomic E-state index is -1.25. The lowest BCUT2D eigenvalue weighted by atomic mass is 9.50. The normalized spacial score (nSPS) is 33.0. The molecular formula is C23H22O5. The third-order valence-corrected chi connectivity index (χ3v) is 6.67. The first-order chi connectivity index (χ1) is 13.4. The van der Waals surface area contributed by atoms with E-state index in [1.165, 1.54) is 0 Å². The summed E-state index contributed by atoms with van der Waals surface area (Å²) in [7, 11) is 0. The summed E-state index contributed by atoms with van der Waals surface area (Å²) in [6.07, 6.45) is 1.07. The van der Waals surface area contributed by atoms with Gasteiger partial charge >= 0.3 is 5.97 Å². The summed E-state index contributed by atoms with van der Waals surface area (Å²) in [6, 6.07) is 11.4. The number of benzene rings is 2. The number of ketones is 1. The lowest BCUT2D eigenvalue weighted by Crippen LogP contribution is -2.64. The van der Waals surface area contributed by atoms with Crippen LogP contribution in [0.15, 0.2) is 48.0 Å². The summed E-state index contributed by atoms with van der Waals surface area (Å²) >= 11 is 0. The molecule has 4 atom stereocenters. The van der Waals surface area contributed by atoms with Gasteiger partial charge in [0.25, 0.3) is 0 Å². The van der Waals surface area contributed by atoms with E-state index in [-0.39, 0.29) is 12.4 Å². The maximum Gasteiger partial charge on any atom is 0.334 e. The van der Waals surface area contributed by atoms with Crippen molar-refractivity contribution >= 4 is 22.5 Å². The molecule has 5 heteroatoms. The Morgan fingerprint density at radius 1 is 1.25 bits per heavy atom. The van der Waals surface area contributed by atoms with E-state index in [2.05, 4.69) is 0 Å². The van der Waals surface area contributed by atoms with Gasteiger partial charge in [0.2, 0.25) is 0 Å². The van der Waals surface area contributed by atoms with E-state index < -0.39 is 29.0 Å². The zero-order valence-electron chi connectivity index (χ0n) is 15.9. The number of carbonyl (C=O) groups excluding carboxylic acids is 2. The molecule has 0 amide bonds. The summed E-state index contributed by atoms with van der Waals surface area (Å²) < 4.78 is 11.5. The van der Waals surface area contributed by atoms with Crippen molar-refractivity contribution in [3.8, 4) is 5.75 Å². The van der Waals surface area contributed by atoms with Crippen molar-refractivity contribution in [1.82, 2.24) is 0 Å². The van der Waals surface area contributed by atoms with Crippen LogP contribution < -0.4 is 4.74 Å². The number of fused-ring (bicyclic) bond motifs is 4. The highest BCUT2D eigenvalue weighted by Gasteiger charge is 2.65. The summed E-state index contributed by atoms with van der Waals surface area (Å²) in [5.41, 5.74) is -0.862. The zero-order valence-corrected chi connectivity index (χ0v) is 15.9. The highest BCUT2D eigenvalue weighted by Crippen LogP contribution is 2.60. The molecule has 28 heavy (non-hydrogen) atoms. The number of esters is 1. The third-order valence-electron chi connectivity index (χ3n) is 6.67. The predicted octanol–water partition coefficient (Wildman–Crippen LogP) is 3.43. The second-order valence-corrected chi connectivity index (χ2v) is 8.29. The quantitative estimate of drug-likeness (QED) is 0.811. The molecule has 2 aromatic carbocycles. The van der Waals surface area contributed by atoms with Gasteiger partial charge in [0.05, 0.1) is 18.3 Å². The monoisotopic (exact) mass is 378 g/mol. The Kier molecular flexibility index (Phi) is 3.53. The van der Waals surface area contributed by atoms with Crippen molar-refractivity contribution < 1.29 is 24.2 Å². The molecule has 0 unspecified atom stereocenters. The van der Waals surface area contributed by atoms with Crippen LogP contribution in [0.2, 0.25) is 0 Å². The highest BCUT2D eigenvalue weighted by atomic mass is 16.5. The van der Waals surface area contributed by atoms with Crippen LogP contribution in [0.1, 0.15) is 37.0 Å². The minimum Gasteiger partial charge on any atom is -0.488 e. The molecule has 2 bridgehead atoms. The van der Waals surface area contributed by atoms with E-state index in [1.807, 2.05) is 43.3 Å². The smallest absolute Gasteiger partial charge is 0.334 e. The molecule has 0 aromatic heterocycles. The van der Waals surface area contributed by atoms with Gasteiger partial charge < -0.3 is 14.6 Å². The Morgan fingerprint density at radius 2 is 2.04 bits per heavy atom. The average Bonchev–Trinajstić information content (AvgIpc) is 2.66. The largest absolute Gasteiger partial charge is 0.488 e. The summed E-state index contributed by atoms with van der Waals surface area (Å²) in [4.78, 5) is 26.5. The molecule has 4 aliphatic rings. The van der Waals surface area contributed by atoms with Crippen molar-refractivity contribution in [2.75, 3.05) is 6.61 Å². The van der Waals surface area contributed by atoms with Crippen LogP contribution in [-0.4, -0.2) is 35.7 Å². The average molecular weight is 378 g/mol. The van der Waals surface area contributed by atoms with Gasteiger partial charge in [-0.2, -0.15) is 0 Å². The Hall–Kier alpha value is -2.66. The van der Waals surface area contributed by atoms with Crippen LogP contribution in [-0.2, 0) is 9.53 Å². The number of Topliss-reactive ketones (excluding diaryl/α,β-unsaturated/α-hetero) is 1. The topological polar surface area (TPSA) is 72.8 Å². The number of aliphatic hydroxyl groups excluding tert-OH is 1. The van der Waals surface area contributed by atoms with E-state index in [0.29, 0.717) is 29.7 Å². The molecule has 1 N–H and O–H groups in total. The number of rotatable bonds is 2. The first kappa shape index (κ1) is 17.4. The van der Waals surface area contributed by atoms with Crippen LogP contribution >= 0.6 is 0 Å². The maximum absolute atomic E-state index is 13.8. The molecular weight excluding hydrogens is 356 g/mol. The lowest BCUT2D eigenvalue weighted by molar-refractivity contribution is -0.144. The van der Waals surface area contributed by atoms with Crippen LogP contribution in [0.3, 0.4) is 0 Å². The molecule has 1 saturated carbocycles. The van der Waals surface area contributed by atoms with E-state index in [4.69, 9.17) is 9.47 Å². The molecule has 1 heterocycles. The van der Waals surface area contributed by atoms with Gasteiger partial charge in [-0.05, 0) is 36.6 Å². The van der Waals surface area contributed by atoms with Gasteiger partial charge in [-0.15, -0.1) is 0 Å². The first-order valence-electron chi connectivity index (χ1n) is 9.72. The van der Waals surface area contributed by atoms with Gasteiger partial charge in [-0.3, -0.25) is 4.79 Å². The molecule has 144 valence electrons. The standard InChI is InChI=1S/C23H22O5/c1-3-27-21(26)15-10-23-17(24)11-22(15,2)12-18(23)28-16-9-8-13-6-4-5-7-14(13)19(16)20(23)25/h4-10,17-18,24H,3,11-12H2,1-2H3/t17-,18-,22+,23+/m0/s1. The molecule has 5 nitrogen and oxygen atoms in total. The van der Waals surface area contributed by atoms with Crippen LogP contribution in [0, 0.1) is 10.8 Å². The SMILES string of the molecule is CCOC(=O)C1=C[C@]23C(=O)c4c(ccc5ccccc45)O[C@H]2C[C@@]1(C)C[C@@H]3O. The molecule has 1 aliphatic heterocycles. The fraction of sp³-hybridized carbons (Fsp3) is 0.391. The molecule has 3 aliphatic carbocycles. The number of hydrogen-bond acceptors (Lipinski definition) is 5. The number of ether oxygens (including phenoxy) is 2. The fourth-order valence-electron chi connectivity index (χ4n) is 5.26. The third kappa shape index (κ3) is 2.05. The second kappa shape index (κ2) is 5.67. The van der Waals surface area contributed by atoms with Crippen LogP contribution in [0.25, 0.3) is 10.8 Å². The van der Waals surface area contributed by atoms with Crippen molar-refractivity contribution in [2.24, 2.45) is 10.8 Å². The molecule has 1 fully saturated rings. The van der Waals surface area contributed by atoms with E-state index in [1.54, 1.807) is 13.0 Å². The van der Waals surface area contributed by atoms with Crippen molar-refractivity contribution in [3.63, 3.8) is 0 Å². The summed E-state index contributed by atoms with van der Waals surface area (Å²) in [5, 5.41) is 12.8. The Bertz CT molecular complexity index is 1050.